The first-order chi connectivity index (χ1) is 12.7. The van der Waals surface area contributed by atoms with E-state index in [4.69, 9.17) is 0 Å². The fourth-order valence-electron chi connectivity index (χ4n) is 3.24. The molecule has 0 unspecified atom stereocenters. The lowest BCUT2D eigenvalue weighted by atomic mass is 9.86. The van der Waals surface area contributed by atoms with E-state index in [0.29, 0.717) is 16.9 Å². The third-order valence-electron chi connectivity index (χ3n) is 4.42. The molecule has 0 aliphatic carbocycles. The fourth-order valence-corrected chi connectivity index (χ4v) is 3.24. The molecular formula is C22H17FN2O. The van der Waals surface area contributed by atoms with Crippen molar-refractivity contribution in [1.29, 1.82) is 0 Å². The Kier molecular flexibility index (Phi) is 4.32. The molecule has 0 atom stereocenters. The fraction of sp³-hybridized carbons (Fsp3) is 0.0909. The number of aromatic amines is 1. The van der Waals surface area contributed by atoms with Crippen LogP contribution in [0.5, 0.6) is 0 Å². The molecular weight excluding hydrogens is 327 g/mol. The molecule has 1 N–H and O–H groups in total. The molecule has 26 heavy (non-hydrogen) atoms. The molecule has 0 amide bonds. The van der Waals surface area contributed by atoms with Gasteiger partial charge in [-0.25, -0.2) is 9.37 Å². The predicted octanol–water partition coefficient (Wildman–Crippen LogP) is 4.65. The zero-order valence-electron chi connectivity index (χ0n) is 14.0. The summed E-state index contributed by atoms with van der Waals surface area (Å²) in [6, 6.07) is 23.8. The Morgan fingerprint density at radius 3 is 2.15 bits per heavy atom. The van der Waals surface area contributed by atoms with Gasteiger partial charge in [-0.2, -0.15) is 0 Å². The number of nitrogens with one attached hydrogen (secondary N) is 1. The highest BCUT2D eigenvalue weighted by Gasteiger charge is 2.23. The third-order valence-corrected chi connectivity index (χ3v) is 4.42. The molecule has 0 saturated carbocycles. The molecule has 0 spiro atoms. The van der Waals surface area contributed by atoms with Crippen LogP contribution in [-0.4, -0.2) is 15.8 Å². The summed E-state index contributed by atoms with van der Waals surface area (Å²) in [6.45, 7) is 0. The number of fused-ring (bicyclic) bond motifs is 1. The largest absolute Gasteiger partial charge is 0.342 e. The van der Waals surface area contributed by atoms with Gasteiger partial charge in [0.05, 0.1) is 23.4 Å². The van der Waals surface area contributed by atoms with E-state index in [-0.39, 0.29) is 23.9 Å². The number of carbonyl (C=O) groups is 1. The smallest absolute Gasteiger partial charge is 0.152 e. The molecule has 0 aliphatic rings. The Hall–Kier alpha value is -3.27. The number of benzene rings is 3. The molecule has 4 rings (SSSR count). The minimum Gasteiger partial charge on any atom is -0.342 e. The van der Waals surface area contributed by atoms with Crippen LogP contribution in [-0.2, 0) is 11.2 Å². The van der Waals surface area contributed by atoms with Crippen molar-refractivity contribution in [3.63, 3.8) is 0 Å². The highest BCUT2D eigenvalue weighted by molar-refractivity contribution is 5.90. The Bertz CT molecular complexity index is 1000. The summed E-state index contributed by atoms with van der Waals surface area (Å²) in [6.07, 6.45) is 0.157. The van der Waals surface area contributed by atoms with Crippen LogP contribution in [0.1, 0.15) is 22.9 Å². The highest BCUT2D eigenvalue weighted by atomic mass is 19.1. The first kappa shape index (κ1) is 16.2. The number of ketones is 1. The maximum atomic E-state index is 13.4. The van der Waals surface area contributed by atoms with E-state index >= 15 is 0 Å². The summed E-state index contributed by atoms with van der Waals surface area (Å²) in [5.74, 6) is -0.0952. The summed E-state index contributed by atoms with van der Waals surface area (Å²) in [4.78, 5) is 20.6. The Morgan fingerprint density at radius 2 is 1.54 bits per heavy atom. The van der Waals surface area contributed by atoms with E-state index in [1.807, 2.05) is 60.7 Å². The van der Waals surface area contributed by atoms with Gasteiger partial charge in [-0.05, 0) is 29.3 Å². The SMILES string of the molecule is O=C(Cc1nc2ccc(F)cc2[nH]1)C(c1ccccc1)c1ccccc1. The molecule has 1 heterocycles. The van der Waals surface area contributed by atoms with Crippen molar-refractivity contribution < 1.29 is 9.18 Å². The van der Waals surface area contributed by atoms with Gasteiger partial charge in [-0.3, -0.25) is 4.79 Å². The minimum atomic E-state index is -0.359. The van der Waals surface area contributed by atoms with Crippen molar-refractivity contribution in [3.05, 3.63) is 102 Å². The van der Waals surface area contributed by atoms with Crippen molar-refractivity contribution in [1.82, 2.24) is 9.97 Å². The second-order valence-electron chi connectivity index (χ2n) is 6.24. The molecule has 0 saturated heterocycles. The van der Waals surface area contributed by atoms with Gasteiger partial charge in [-0.15, -0.1) is 0 Å². The number of imidazole rings is 1. The topological polar surface area (TPSA) is 45.8 Å². The summed E-state index contributed by atoms with van der Waals surface area (Å²) in [5, 5.41) is 0. The van der Waals surface area contributed by atoms with E-state index < -0.39 is 0 Å². The molecule has 4 aromatic rings. The number of halogens is 1. The number of Topliss-reactive ketones (excluding diaryl/α,β-unsaturated/α-hetero) is 1. The van der Waals surface area contributed by atoms with Gasteiger partial charge in [-0.1, -0.05) is 60.7 Å². The molecule has 4 heteroatoms. The molecule has 0 bridgehead atoms. The highest BCUT2D eigenvalue weighted by Crippen LogP contribution is 2.27. The summed E-state index contributed by atoms with van der Waals surface area (Å²) >= 11 is 0. The van der Waals surface area contributed by atoms with E-state index in [1.54, 1.807) is 6.07 Å². The van der Waals surface area contributed by atoms with Crippen molar-refractivity contribution in [2.45, 2.75) is 12.3 Å². The van der Waals surface area contributed by atoms with Crippen LogP contribution in [0.3, 0.4) is 0 Å². The van der Waals surface area contributed by atoms with Crippen LogP contribution < -0.4 is 0 Å². The van der Waals surface area contributed by atoms with Gasteiger partial charge < -0.3 is 4.98 Å². The number of H-pyrrole nitrogens is 1. The van der Waals surface area contributed by atoms with Crippen LogP contribution in [0, 0.1) is 5.82 Å². The lowest BCUT2D eigenvalue weighted by Crippen LogP contribution is -2.17. The van der Waals surface area contributed by atoms with Gasteiger partial charge >= 0.3 is 0 Å². The van der Waals surface area contributed by atoms with Gasteiger partial charge in [0.2, 0.25) is 0 Å². The van der Waals surface area contributed by atoms with Crippen LogP contribution >= 0.6 is 0 Å². The molecule has 0 aliphatic heterocycles. The average Bonchev–Trinajstić information content (AvgIpc) is 3.05. The Morgan fingerprint density at radius 1 is 0.923 bits per heavy atom. The molecule has 1 aromatic heterocycles. The van der Waals surface area contributed by atoms with Crippen LogP contribution in [0.15, 0.2) is 78.9 Å². The lowest BCUT2D eigenvalue weighted by Gasteiger charge is -2.16. The number of rotatable bonds is 5. The van der Waals surface area contributed by atoms with Crippen molar-refractivity contribution in [2.24, 2.45) is 0 Å². The zero-order chi connectivity index (χ0) is 17.9. The Balaban J connectivity index is 1.68. The number of hydrogen-bond acceptors (Lipinski definition) is 2. The van der Waals surface area contributed by atoms with E-state index in [0.717, 1.165) is 11.1 Å². The van der Waals surface area contributed by atoms with Gasteiger partial charge in [0, 0.05) is 0 Å². The second-order valence-corrected chi connectivity index (χ2v) is 6.24. The normalized spacial score (nSPS) is 11.2. The first-order valence-electron chi connectivity index (χ1n) is 8.47. The number of aromatic nitrogens is 2. The van der Waals surface area contributed by atoms with E-state index in [9.17, 15) is 9.18 Å². The molecule has 0 radical (unpaired) electrons. The number of carbonyl (C=O) groups excluding carboxylic acids is 1. The Labute approximate surface area is 150 Å². The second kappa shape index (κ2) is 6.92. The monoisotopic (exact) mass is 344 g/mol. The number of nitrogens with zero attached hydrogens (tertiary/aromatic N) is 1. The standard InChI is InChI=1S/C22H17FN2O/c23-17-11-12-18-19(13-17)25-21(24-18)14-20(26)22(15-7-3-1-4-8-15)16-9-5-2-6-10-16/h1-13,22H,14H2,(H,24,25). The summed E-state index contributed by atoms with van der Waals surface area (Å²) in [5.41, 5.74) is 3.16. The summed E-state index contributed by atoms with van der Waals surface area (Å²) < 4.78 is 13.4. The van der Waals surface area contributed by atoms with Gasteiger partial charge in [0.25, 0.3) is 0 Å². The van der Waals surface area contributed by atoms with Crippen molar-refractivity contribution >= 4 is 16.8 Å². The molecule has 3 aromatic carbocycles. The van der Waals surface area contributed by atoms with Crippen LogP contribution in [0.2, 0.25) is 0 Å². The van der Waals surface area contributed by atoms with Gasteiger partial charge in [0.1, 0.15) is 11.6 Å². The van der Waals surface area contributed by atoms with Crippen LogP contribution in [0.4, 0.5) is 4.39 Å². The predicted molar refractivity (Wildman–Crippen MR) is 99.5 cm³/mol. The zero-order valence-corrected chi connectivity index (χ0v) is 14.0. The van der Waals surface area contributed by atoms with Crippen LogP contribution in [0.25, 0.3) is 11.0 Å². The minimum absolute atomic E-state index is 0.0435. The van der Waals surface area contributed by atoms with E-state index in [1.165, 1.54) is 12.1 Å². The maximum absolute atomic E-state index is 13.4. The maximum Gasteiger partial charge on any atom is 0.152 e. The molecule has 3 nitrogen and oxygen atoms in total. The summed E-state index contributed by atoms with van der Waals surface area (Å²) in [7, 11) is 0. The quantitative estimate of drug-likeness (QED) is 0.573. The third kappa shape index (κ3) is 3.26. The average molecular weight is 344 g/mol. The first-order valence-corrected chi connectivity index (χ1v) is 8.47. The lowest BCUT2D eigenvalue weighted by molar-refractivity contribution is -0.119. The van der Waals surface area contributed by atoms with Crippen molar-refractivity contribution in [3.8, 4) is 0 Å². The van der Waals surface area contributed by atoms with Crippen molar-refractivity contribution in [2.75, 3.05) is 0 Å². The van der Waals surface area contributed by atoms with E-state index in [2.05, 4.69) is 9.97 Å². The van der Waals surface area contributed by atoms with Gasteiger partial charge in [0.15, 0.2) is 5.78 Å². The molecule has 128 valence electrons. The number of hydrogen-bond donors (Lipinski definition) is 1. The molecule has 0 fully saturated rings.